The van der Waals surface area contributed by atoms with Crippen molar-refractivity contribution in [1.82, 2.24) is 15.0 Å². The third-order valence-corrected chi connectivity index (χ3v) is 7.49. The minimum absolute atomic E-state index is 0.101. The van der Waals surface area contributed by atoms with E-state index in [9.17, 15) is 5.11 Å². The van der Waals surface area contributed by atoms with Crippen LogP contribution in [-0.2, 0) is 12.8 Å². The third kappa shape index (κ3) is 3.68. The predicted octanol–water partition coefficient (Wildman–Crippen LogP) is 4.16. The summed E-state index contributed by atoms with van der Waals surface area (Å²) in [4.78, 5) is 16.5. The van der Waals surface area contributed by atoms with Crippen LogP contribution in [0.1, 0.15) is 30.2 Å². The standard InChI is InChI=1S/C20H24N4OS2/c1-12(16(11-25)26-2)22-19-17-14-7-3-4-8-15(14)27-20(17)24-18(23-19)13-6-5-9-21-10-13/h5-6,9-10,12,16,25H,3-4,7-8,11H2,1-2H3,(H,22,23,24). The summed E-state index contributed by atoms with van der Waals surface area (Å²) in [6.07, 6.45) is 10.3. The van der Waals surface area contributed by atoms with Gasteiger partial charge in [0.15, 0.2) is 5.82 Å². The van der Waals surface area contributed by atoms with Gasteiger partial charge in [0, 0.05) is 34.1 Å². The van der Waals surface area contributed by atoms with Gasteiger partial charge >= 0.3 is 0 Å². The summed E-state index contributed by atoms with van der Waals surface area (Å²) in [6, 6.07) is 4.00. The van der Waals surface area contributed by atoms with Gasteiger partial charge in [0.05, 0.1) is 12.0 Å². The molecule has 7 heteroatoms. The first-order valence-corrected chi connectivity index (χ1v) is 11.4. The number of fused-ring (bicyclic) bond motifs is 3. The largest absolute Gasteiger partial charge is 0.395 e. The predicted molar refractivity (Wildman–Crippen MR) is 115 cm³/mol. The molecule has 4 rings (SSSR count). The van der Waals surface area contributed by atoms with Crippen molar-refractivity contribution in [3.63, 3.8) is 0 Å². The highest BCUT2D eigenvalue weighted by Crippen LogP contribution is 2.40. The molecule has 0 aromatic carbocycles. The zero-order chi connectivity index (χ0) is 18.8. The maximum Gasteiger partial charge on any atom is 0.164 e. The van der Waals surface area contributed by atoms with Gasteiger partial charge in [0.2, 0.25) is 0 Å². The molecule has 3 aromatic heterocycles. The summed E-state index contributed by atoms with van der Waals surface area (Å²) >= 11 is 3.47. The Bertz CT molecular complexity index is 925. The molecule has 0 amide bonds. The Morgan fingerprint density at radius 1 is 1.30 bits per heavy atom. The number of thioether (sulfide) groups is 1. The number of pyridine rings is 1. The molecule has 0 bridgehead atoms. The smallest absolute Gasteiger partial charge is 0.164 e. The van der Waals surface area contributed by atoms with Gasteiger partial charge in [-0.15, -0.1) is 11.3 Å². The fourth-order valence-corrected chi connectivity index (χ4v) is 5.52. The van der Waals surface area contributed by atoms with Crippen LogP contribution < -0.4 is 5.32 Å². The maximum absolute atomic E-state index is 9.67. The van der Waals surface area contributed by atoms with Crippen LogP contribution in [0.5, 0.6) is 0 Å². The van der Waals surface area contributed by atoms with Crippen molar-refractivity contribution in [2.24, 2.45) is 0 Å². The van der Waals surface area contributed by atoms with E-state index >= 15 is 0 Å². The summed E-state index contributed by atoms with van der Waals surface area (Å²) in [5, 5.41) is 14.6. The Balaban J connectivity index is 1.84. The molecule has 1 aliphatic rings. The average molecular weight is 401 g/mol. The first-order chi connectivity index (χ1) is 13.2. The minimum Gasteiger partial charge on any atom is -0.395 e. The fourth-order valence-electron chi connectivity index (χ4n) is 3.63. The minimum atomic E-state index is 0.101. The number of nitrogens with one attached hydrogen (secondary N) is 1. The quantitative estimate of drug-likeness (QED) is 0.647. The van der Waals surface area contributed by atoms with Crippen LogP contribution in [0.2, 0.25) is 0 Å². The zero-order valence-electron chi connectivity index (χ0n) is 15.6. The molecule has 0 radical (unpaired) electrons. The van der Waals surface area contributed by atoms with E-state index < -0.39 is 0 Å². The van der Waals surface area contributed by atoms with Crippen molar-refractivity contribution < 1.29 is 5.11 Å². The maximum atomic E-state index is 9.67. The second-order valence-corrected chi connectivity index (χ2v) is 9.08. The molecule has 2 unspecified atom stereocenters. The molecule has 0 spiro atoms. The molecule has 2 atom stereocenters. The van der Waals surface area contributed by atoms with Gasteiger partial charge in [-0.1, -0.05) is 0 Å². The number of rotatable bonds is 6. The number of anilines is 1. The van der Waals surface area contributed by atoms with Gasteiger partial charge in [-0.2, -0.15) is 11.8 Å². The second kappa shape index (κ2) is 8.12. The summed E-state index contributed by atoms with van der Waals surface area (Å²) in [7, 11) is 0. The molecule has 5 nitrogen and oxygen atoms in total. The van der Waals surface area contributed by atoms with Gasteiger partial charge in [-0.05, 0) is 56.6 Å². The number of thiophene rings is 1. The lowest BCUT2D eigenvalue weighted by molar-refractivity contribution is 0.288. The van der Waals surface area contributed by atoms with Gasteiger partial charge < -0.3 is 10.4 Å². The summed E-state index contributed by atoms with van der Waals surface area (Å²) < 4.78 is 0. The second-order valence-electron chi connectivity index (χ2n) is 6.92. The van der Waals surface area contributed by atoms with Crippen LogP contribution in [0.15, 0.2) is 24.5 Å². The fraction of sp³-hybridized carbons (Fsp3) is 0.450. The van der Waals surface area contributed by atoms with E-state index in [2.05, 4.69) is 17.2 Å². The topological polar surface area (TPSA) is 70.9 Å². The lowest BCUT2D eigenvalue weighted by atomic mass is 9.97. The molecule has 0 aliphatic heterocycles. The monoisotopic (exact) mass is 400 g/mol. The third-order valence-electron chi connectivity index (χ3n) is 5.14. The van der Waals surface area contributed by atoms with Gasteiger partial charge in [-0.3, -0.25) is 4.98 Å². The van der Waals surface area contributed by atoms with E-state index in [4.69, 9.17) is 9.97 Å². The Labute approximate surface area is 167 Å². The molecule has 0 fully saturated rings. The lowest BCUT2D eigenvalue weighted by Gasteiger charge is -2.23. The van der Waals surface area contributed by atoms with Crippen LogP contribution in [-0.4, -0.2) is 44.2 Å². The highest BCUT2D eigenvalue weighted by molar-refractivity contribution is 7.99. The van der Waals surface area contributed by atoms with Crippen molar-refractivity contribution in [1.29, 1.82) is 0 Å². The highest BCUT2D eigenvalue weighted by Gasteiger charge is 2.24. The number of aliphatic hydroxyl groups is 1. The van der Waals surface area contributed by atoms with Crippen molar-refractivity contribution in [3.05, 3.63) is 35.0 Å². The van der Waals surface area contributed by atoms with Crippen molar-refractivity contribution in [3.8, 4) is 11.4 Å². The van der Waals surface area contributed by atoms with Crippen LogP contribution in [0.25, 0.3) is 21.6 Å². The number of aliphatic hydroxyl groups excluding tert-OH is 1. The van der Waals surface area contributed by atoms with E-state index in [-0.39, 0.29) is 17.9 Å². The van der Waals surface area contributed by atoms with Gasteiger partial charge in [0.25, 0.3) is 0 Å². The Hall–Kier alpha value is -1.70. The highest BCUT2D eigenvalue weighted by atomic mass is 32.2. The molecule has 142 valence electrons. The Morgan fingerprint density at radius 3 is 2.89 bits per heavy atom. The molecule has 3 heterocycles. The molecular weight excluding hydrogens is 376 g/mol. The number of aryl methyl sites for hydroxylation is 2. The number of hydrogen-bond donors (Lipinski definition) is 2. The molecular formula is C20H24N4OS2. The Morgan fingerprint density at radius 2 is 2.15 bits per heavy atom. The van der Waals surface area contributed by atoms with Crippen molar-refractivity contribution in [2.45, 2.75) is 43.9 Å². The molecule has 2 N–H and O–H groups in total. The Kier molecular flexibility index (Phi) is 5.61. The summed E-state index contributed by atoms with van der Waals surface area (Å²) in [5.41, 5.74) is 2.34. The van der Waals surface area contributed by atoms with Crippen LogP contribution in [0, 0.1) is 0 Å². The number of aromatic nitrogens is 3. The summed E-state index contributed by atoms with van der Waals surface area (Å²) in [5.74, 6) is 1.59. The molecule has 0 saturated carbocycles. The van der Waals surface area contributed by atoms with E-state index in [0.29, 0.717) is 5.82 Å². The van der Waals surface area contributed by atoms with Gasteiger partial charge in [-0.25, -0.2) is 9.97 Å². The van der Waals surface area contributed by atoms with Crippen molar-refractivity contribution >= 4 is 39.1 Å². The molecule has 3 aromatic rings. The summed E-state index contributed by atoms with van der Waals surface area (Å²) in [6.45, 7) is 2.24. The van der Waals surface area contributed by atoms with Crippen LogP contribution >= 0.6 is 23.1 Å². The first-order valence-electron chi connectivity index (χ1n) is 9.34. The first kappa shape index (κ1) is 18.7. The molecule has 1 aliphatic carbocycles. The molecule has 27 heavy (non-hydrogen) atoms. The van der Waals surface area contributed by atoms with E-state index in [0.717, 1.165) is 29.1 Å². The van der Waals surface area contributed by atoms with E-state index in [1.54, 1.807) is 35.5 Å². The molecule has 0 saturated heterocycles. The number of nitrogens with zero attached hydrogens (tertiary/aromatic N) is 3. The van der Waals surface area contributed by atoms with Crippen LogP contribution in [0.4, 0.5) is 5.82 Å². The zero-order valence-corrected chi connectivity index (χ0v) is 17.2. The average Bonchev–Trinajstić information content (AvgIpc) is 3.08. The van der Waals surface area contributed by atoms with E-state index in [1.807, 2.05) is 18.4 Å². The SMILES string of the molecule is CSC(CO)C(C)Nc1nc(-c2cccnc2)nc2sc3c(c12)CCCC3. The van der Waals surface area contributed by atoms with E-state index in [1.165, 1.54) is 28.7 Å². The number of hydrogen-bond acceptors (Lipinski definition) is 7. The normalized spacial score (nSPS) is 16.1. The van der Waals surface area contributed by atoms with Crippen molar-refractivity contribution in [2.75, 3.05) is 18.2 Å². The van der Waals surface area contributed by atoms with Crippen LogP contribution in [0.3, 0.4) is 0 Å². The lowest BCUT2D eigenvalue weighted by Crippen LogP contribution is -2.31. The van der Waals surface area contributed by atoms with Gasteiger partial charge in [0.1, 0.15) is 10.6 Å².